The van der Waals surface area contributed by atoms with Crippen molar-refractivity contribution in [3.63, 3.8) is 0 Å². The van der Waals surface area contributed by atoms with Gasteiger partial charge in [0.25, 0.3) is 5.91 Å². The van der Waals surface area contributed by atoms with Crippen molar-refractivity contribution < 1.29 is 9.59 Å². The van der Waals surface area contributed by atoms with Crippen LogP contribution in [0.5, 0.6) is 0 Å². The lowest BCUT2D eigenvalue weighted by Crippen LogP contribution is -2.31. The lowest BCUT2D eigenvalue weighted by molar-refractivity contribution is -0.117. The Labute approximate surface area is 176 Å². The van der Waals surface area contributed by atoms with Crippen LogP contribution in [0.25, 0.3) is 0 Å². The fraction of sp³-hybridized carbons (Fsp3) is 0.150. The van der Waals surface area contributed by atoms with Crippen molar-refractivity contribution in [1.29, 1.82) is 5.26 Å². The fourth-order valence-corrected chi connectivity index (χ4v) is 4.44. The zero-order valence-electron chi connectivity index (χ0n) is 14.8. The average Bonchev–Trinajstić information content (AvgIpc) is 3.01. The van der Waals surface area contributed by atoms with Crippen LogP contribution in [0.15, 0.2) is 59.1 Å². The number of hydrogen-bond donors (Lipinski definition) is 1. The number of carbonyl (C=O) groups is 2. The van der Waals surface area contributed by atoms with E-state index in [-0.39, 0.29) is 11.5 Å². The van der Waals surface area contributed by atoms with Gasteiger partial charge in [0.1, 0.15) is 16.7 Å². The molecule has 0 radical (unpaired) electrons. The van der Waals surface area contributed by atoms with Crippen molar-refractivity contribution in [2.45, 2.75) is 11.7 Å². The molecule has 1 heterocycles. The van der Waals surface area contributed by atoms with Crippen LogP contribution in [0.2, 0.25) is 10.0 Å². The maximum absolute atomic E-state index is 13.2. The Morgan fingerprint density at radius 3 is 2.50 bits per heavy atom. The molecule has 0 saturated carbocycles. The summed E-state index contributed by atoms with van der Waals surface area (Å²) < 4.78 is 0. The predicted octanol–water partition coefficient (Wildman–Crippen LogP) is 4.17. The molecule has 1 unspecified atom stereocenters. The van der Waals surface area contributed by atoms with Gasteiger partial charge in [-0.1, -0.05) is 53.2 Å². The third kappa shape index (κ3) is 4.02. The van der Waals surface area contributed by atoms with Gasteiger partial charge in [-0.05, 0) is 42.3 Å². The molecule has 1 aliphatic heterocycles. The zero-order valence-corrected chi connectivity index (χ0v) is 17.1. The number of likely N-dealkylation sites (N-methyl/N-ethyl adjacent to an activating group) is 1. The van der Waals surface area contributed by atoms with E-state index in [1.807, 2.05) is 24.3 Å². The predicted molar refractivity (Wildman–Crippen MR) is 112 cm³/mol. The number of rotatable bonds is 4. The molecule has 1 aliphatic rings. The van der Waals surface area contributed by atoms with Crippen LogP contribution in [0.4, 0.5) is 5.69 Å². The van der Waals surface area contributed by atoms with Gasteiger partial charge in [0.05, 0.1) is 5.25 Å². The van der Waals surface area contributed by atoms with Gasteiger partial charge in [-0.25, -0.2) is 0 Å². The fourth-order valence-electron chi connectivity index (χ4n) is 2.80. The minimum absolute atomic E-state index is 0.113. The van der Waals surface area contributed by atoms with Crippen molar-refractivity contribution in [3.05, 3.63) is 74.7 Å². The van der Waals surface area contributed by atoms with Gasteiger partial charge in [0, 0.05) is 22.8 Å². The van der Waals surface area contributed by atoms with Gasteiger partial charge in [0.15, 0.2) is 0 Å². The van der Waals surface area contributed by atoms with Gasteiger partial charge in [0.2, 0.25) is 5.91 Å². The molecule has 2 aromatic carbocycles. The van der Waals surface area contributed by atoms with E-state index in [0.717, 1.165) is 5.56 Å². The van der Waals surface area contributed by atoms with E-state index in [2.05, 4.69) is 5.32 Å². The molecule has 0 aliphatic carbocycles. The highest BCUT2D eigenvalue weighted by Gasteiger charge is 2.40. The van der Waals surface area contributed by atoms with Crippen LogP contribution in [-0.2, 0) is 16.0 Å². The van der Waals surface area contributed by atoms with Crippen LogP contribution in [-0.4, -0.2) is 24.1 Å². The molecule has 2 amide bonds. The van der Waals surface area contributed by atoms with E-state index in [0.29, 0.717) is 27.2 Å². The van der Waals surface area contributed by atoms with Crippen LogP contribution >= 0.6 is 35.0 Å². The van der Waals surface area contributed by atoms with Crippen LogP contribution < -0.4 is 10.2 Å². The van der Waals surface area contributed by atoms with E-state index in [1.54, 1.807) is 30.3 Å². The summed E-state index contributed by atoms with van der Waals surface area (Å²) in [6.07, 6.45) is 0.378. The molecule has 142 valence electrons. The molecule has 1 N–H and O–H groups in total. The van der Waals surface area contributed by atoms with E-state index in [1.165, 1.54) is 23.7 Å². The molecule has 0 bridgehead atoms. The minimum atomic E-state index is -0.546. The molecule has 1 atom stereocenters. The topological polar surface area (TPSA) is 73.2 Å². The second-order valence-electron chi connectivity index (χ2n) is 5.92. The zero-order chi connectivity index (χ0) is 20.3. The first-order valence-electron chi connectivity index (χ1n) is 8.32. The summed E-state index contributed by atoms with van der Waals surface area (Å²) in [7, 11) is 1.44. The van der Waals surface area contributed by atoms with Crippen molar-refractivity contribution >= 4 is 52.5 Å². The molecule has 8 heteroatoms. The molecule has 28 heavy (non-hydrogen) atoms. The van der Waals surface area contributed by atoms with Gasteiger partial charge >= 0.3 is 0 Å². The number of carbonyl (C=O) groups excluding carboxylic acids is 2. The second kappa shape index (κ2) is 8.70. The molecule has 0 aromatic heterocycles. The highest BCUT2D eigenvalue weighted by molar-refractivity contribution is 8.05. The lowest BCUT2D eigenvalue weighted by atomic mass is 10.1. The van der Waals surface area contributed by atoms with Crippen molar-refractivity contribution in [2.24, 2.45) is 0 Å². The summed E-state index contributed by atoms with van der Waals surface area (Å²) >= 11 is 13.4. The smallest absolute Gasteiger partial charge is 0.264 e. The SMILES string of the molecule is CNC(=O)C(C#N)=C1SC(Cc2ccccc2Cl)C(=O)N1c1ccc(Cl)cc1. The summed E-state index contributed by atoms with van der Waals surface area (Å²) in [5.74, 6) is -0.769. The summed E-state index contributed by atoms with van der Waals surface area (Å²) in [5.41, 5.74) is 1.25. The van der Waals surface area contributed by atoms with E-state index in [4.69, 9.17) is 23.2 Å². The molecule has 2 aromatic rings. The summed E-state index contributed by atoms with van der Waals surface area (Å²) in [6.45, 7) is 0. The maximum Gasteiger partial charge on any atom is 0.264 e. The number of nitrogens with one attached hydrogen (secondary N) is 1. The van der Waals surface area contributed by atoms with Gasteiger partial charge in [-0.15, -0.1) is 0 Å². The molecule has 3 rings (SSSR count). The first kappa shape index (κ1) is 20.3. The maximum atomic E-state index is 13.2. The Morgan fingerprint density at radius 1 is 1.21 bits per heavy atom. The molecular weight excluding hydrogens is 417 g/mol. The Hall–Kier alpha value is -2.46. The molecule has 0 spiro atoms. The van der Waals surface area contributed by atoms with Crippen LogP contribution in [0.3, 0.4) is 0 Å². The van der Waals surface area contributed by atoms with Crippen molar-refractivity contribution in [3.8, 4) is 6.07 Å². The normalized spacial score (nSPS) is 18.0. The number of benzene rings is 2. The lowest BCUT2D eigenvalue weighted by Gasteiger charge is -2.18. The third-order valence-electron chi connectivity index (χ3n) is 4.18. The minimum Gasteiger partial charge on any atom is -0.354 e. The first-order valence-corrected chi connectivity index (χ1v) is 9.96. The van der Waals surface area contributed by atoms with Gasteiger partial charge in [-0.2, -0.15) is 5.26 Å². The highest BCUT2D eigenvalue weighted by atomic mass is 35.5. The Kier molecular flexibility index (Phi) is 6.30. The largest absolute Gasteiger partial charge is 0.354 e. The molecule has 5 nitrogen and oxygen atoms in total. The monoisotopic (exact) mass is 431 g/mol. The number of nitrogens with zero attached hydrogens (tertiary/aromatic N) is 2. The number of thioether (sulfide) groups is 1. The number of halogens is 2. The Bertz CT molecular complexity index is 999. The third-order valence-corrected chi connectivity index (χ3v) is 6.06. The molecule has 1 fully saturated rings. The van der Waals surface area contributed by atoms with Gasteiger partial charge < -0.3 is 5.32 Å². The van der Waals surface area contributed by atoms with Crippen molar-refractivity contribution in [1.82, 2.24) is 5.32 Å². The highest BCUT2D eigenvalue weighted by Crippen LogP contribution is 2.42. The number of nitriles is 1. The van der Waals surface area contributed by atoms with Crippen LogP contribution in [0, 0.1) is 11.3 Å². The van der Waals surface area contributed by atoms with Gasteiger partial charge in [-0.3, -0.25) is 14.5 Å². The molecular formula is C20H15Cl2N3O2S. The van der Waals surface area contributed by atoms with Crippen molar-refractivity contribution in [2.75, 3.05) is 11.9 Å². The van der Waals surface area contributed by atoms with E-state index < -0.39 is 11.2 Å². The average molecular weight is 432 g/mol. The second-order valence-corrected chi connectivity index (χ2v) is 7.96. The number of amides is 2. The number of hydrogen-bond acceptors (Lipinski definition) is 4. The summed E-state index contributed by atoms with van der Waals surface area (Å²) in [4.78, 5) is 26.8. The number of anilines is 1. The summed E-state index contributed by atoms with van der Waals surface area (Å²) in [5, 5.41) is 12.9. The van der Waals surface area contributed by atoms with E-state index >= 15 is 0 Å². The standard InChI is InChI=1S/C20H15Cl2N3O2S/c1-24-18(26)15(11-23)20-25(14-8-6-13(21)7-9-14)19(27)17(28-20)10-12-4-2-3-5-16(12)22/h2-9,17H,10H2,1H3,(H,24,26). The first-order chi connectivity index (χ1) is 13.5. The summed E-state index contributed by atoms with van der Waals surface area (Å²) in [6, 6.07) is 15.9. The van der Waals surface area contributed by atoms with E-state index in [9.17, 15) is 14.9 Å². The molecule has 1 saturated heterocycles. The van der Waals surface area contributed by atoms with Crippen LogP contribution in [0.1, 0.15) is 5.56 Å². The quantitative estimate of drug-likeness (QED) is 0.582. The Balaban J connectivity index is 2.06. The Morgan fingerprint density at radius 2 is 1.89 bits per heavy atom.